The second-order valence-corrected chi connectivity index (χ2v) is 8.67. The van der Waals surface area contributed by atoms with Gasteiger partial charge in [0.1, 0.15) is 12.7 Å². The zero-order chi connectivity index (χ0) is 21.8. The topological polar surface area (TPSA) is 63.1 Å². The van der Waals surface area contributed by atoms with Gasteiger partial charge in [0.25, 0.3) is 5.91 Å². The van der Waals surface area contributed by atoms with E-state index in [2.05, 4.69) is 68.8 Å². The lowest BCUT2D eigenvalue weighted by Crippen LogP contribution is -2.29. The maximum atomic E-state index is 12.6. The lowest BCUT2D eigenvalue weighted by Gasteiger charge is -2.32. The van der Waals surface area contributed by atoms with E-state index in [1.807, 2.05) is 36.0 Å². The lowest BCUT2D eigenvalue weighted by atomic mass is 10.1. The molecule has 1 aliphatic heterocycles. The summed E-state index contributed by atoms with van der Waals surface area (Å²) in [5, 5.41) is 7.16. The van der Waals surface area contributed by atoms with Gasteiger partial charge in [0, 0.05) is 28.4 Å². The van der Waals surface area contributed by atoms with Crippen LogP contribution in [0.2, 0.25) is 0 Å². The first kappa shape index (κ1) is 20.3. The third kappa shape index (κ3) is 4.38. The van der Waals surface area contributed by atoms with Crippen molar-refractivity contribution >= 4 is 29.0 Å². The third-order valence-corrected chi connectivity index (χ3v) is 6.53. The molecule has 5 rings (SSSR count). The Morgan fingerprint density at radius 2 is 1.59 bits per heavy atom. The van der Waals surface area contributed by atoms with Gasteiger partial charge < -0.3 is 10.2 Å². The minimum atomic E-state index is -0.0488. The number of benzene rings is 3. The number of hydrogen-bond donors (Lipinski definition) is 1. The van der Waals surface area contributed by atoms with E-state index >= 15 is 0 Å². The van der Waals surface area contributed by atoms with Gasteiger partial charge in [-0.25, -0.2) is 9.67 Å². The number of rotatable bonds is 7. The molecule has 4 aromatic rings. The molecule has 0 aliphatic carbocycles. The molecule has 0 bridgehead atoms. The first-order valence-corrected chi connectivity index (χ1v) is 11.4. The summed E-state index contributed by atoms with van der Waals surface area (Å²) in [6.07, 6.45) is 4.05. The van der Waals surface area contributed by atoms with Crippen LogP contribution in [0, 0.1) is 0 Å². The average molecular weight is 442 g/mol. The van der Waals surface area contributed by atoms with E-state index in [0.29, 0.717) is 18.7 Å². The zero-order valence-corrected chi connectivity index (χ0v) is 18.3. The molecule has 2 heterocycles. The summed E-state index contributed by atoms with van der Waals surface area (Å²) < 4.78 is 1.75. The monoisotopic (exact) mass is 441 g/mol. The fourth-order valence-electron chi connectivity index (χ4n) is 3.83. The lowest BCUT2D eigenvalue weighted by molar-refractivity contribution is 0.0953. The van der Waals surface area contributed by atoms with Crippen LogP contribution in [0.5, 0.6) is 0 Å². The average Bonchev–Trinajstić information content (AvgIpc) is 3.34. The van der Waals surface area contributed by atoms with Gasteiger partial charge in [-0.05, 0) is 48.4 Å². The number of fused-ring (bicyclic) bond motifs is 2. The Kier molecular flexibility index (Phi) is 5.89. The standard InChI is InChI=1S/C25H23N5OS/c31-25(20-12-10-19(11-13-20)16-29-18-26-17-28-29)27-14-5-15-30-21-6-1-3-8-23(21)32-24-9-4-2-7-22(24)30/h1-4,6-13,17-18H,5,14-16H2,(H,27,31). The third-order valence-electron chi connectivity index (χ3n) is 5.40. The fourth-order valence-corrected chi connectivity index (χ4v) is 4.92. The van der Waals surface area contributed by atoms with Gasteiger partial charge in [0.15, 0.2) is 0 Å². The quantitative estimate of drug-likeness (QED) is 0.420. The Labute approximate surface area is 191 Å². The Balaban J connectivity index is 1.17. The number of hydrogen-bond acceptors (Lipinski definition) is 5. The van der Waals surface area contributed by atoms with E-state index in [4.69, 9.17) is 0 Å². The zero-order valence-electron chi connectivity index (χ0n) is 17.5. The van der Waals surface area contributed by atoms with Gasteiger partial charge in [-0.3, -0.25) is 4.79 Å². The highest BCUT2D eigenvalue weighted by Crippen LogP contribution is 2.47. The molecule has 7 heteroatoms. The molecule has 32 heavy (non-hydrogen) atoms. The van der Waals surface area contributed by atoms with Crippen LogP contribution < -0.4 is 10.2 Å². The molecule has 1 N–H and O–H groups in total. The molecule has 160 valence electrons. The summed E-state index contributed by atoms with van der Waals surface area (Å²) in [6.45, 7) is 2.10. The molecule has 1 aliphatic rings. The van der Waals surface area contributed by atoms with Gasteiger partial charge in [-0.15, -0.1) is 0 Å². The molecule has 1 aromatic heterocycles. The smallest absolute Gasteiger partial charge is 0.251 e. The van der Waals surface area contributed by atoms with Crippen molar-refractivity contribution in [3.05, 3.63) is 96.6 Å². The number of nitrogens with zero attached hydrogens (tertiary/aromatic N) is 4. The summed E-state index contributed by atoms with van der Waals surface area (Å²) in [5.74, 6) is -0.0488. The highest BCUT2D eigenvalue weighted by molar-refractivity contribution is 7.99. The van der Waals surface area contributed by atoms with Crippen molar-refractivity contribution in [2.45, 2.75) is 22.8 Å². The van der Waals surface area contributed by atoms with Crippen molar-refractivity contribution in [2.24, 2.45) is 0 Å². The maximum Gasteiger partial charge on any atom is 0.251 e. The van der Waals surface area contributed by atoms with Crippen LogP contribution in [0.1, 0.15) is 22.3 Å². The Bertz CT molecular complexity index is 1160. The minimum Gasteiger partial charge on any atom is -0.352 e. The molecule has 6 nitrogen and oxygen atoms in total. The molecule has 0 spiro atoms. The van der Waals surface area contributed by atoms with E-state index in [-0.39, 0.29) is 5.91 Å². The maximum absolute atomic E-state index is 12.6. The summed E-state index contributed by atoms with van der Waals surface area (Å²) in [5.41, 5.74) is 4.20. The first-order valence-electron chi connectivity index (χ1n) is 10.6. The fraction of sp³-hybridized carbons (Fsp3) is 0.160. The Morgan fingerprint density at radius 1 is 0.906 bits per heavy atom. The number of aromatic nitrogens is 3. The molecular formula is C25H23N5OS. The van der Waals surface area contributed by atoms with E-state index in [0.717, 1.165) is 18.5 Å². The van der Waals surface area contributed by atoms with Crippen LogP contribution in [0.15, 0.2) is 95.2 Å². The minimum absolute atomic E-state index is 0.0488. The number of carbonyl (C=O) groups is 1. The molecule has 0 saturated heterocycles. The largest absolute Gasteiger partial charge is 0.352 e. The summed E-state index contributed by atoms with van der Waals surface area (Å²) >= 11 is 1.81. The van der Waals surface area contributed by atoms with Crippen molar-refractivity contribution in [3.8, 4) is 0 Å². The van der Waals surface area contributed by atoms with Crippen LogP contribution in [0.25, 0.3) is 0 Å². The Morgan fingerprint density at radius 3 is 2.25 bits per heavy atom. The molecule has 0 unspecified atom stereocenters. The number of amides is 1. The van der Waals surface area contributed by atoms with Crippen molar-refractivity contribution in [3.63, 3.8) is 0 Å². The van der Waals surface area contributed by atoms with Gasteiger partial charge in [0.2, 0.25) is 0 Å². The van der Waals surface area contributed by atoms with Crippen LogP contribution in [0.4, 0.5) is 11.4 Å². The molecule has 0 saturated carbocycles. The SMILES string of the molecule is O=C(NCCCN1c2ccccc2Sc2ccccc21)c1ccc(Cn2cncn2)cc1. The predicted octanol–water partition coefficient (Wildman–Crippen LogP) is 4.75. The van der Waals surface area contributed by atoms with Gasteiger partial charge in [-0.2, -0.15) is 5.10 Å². The molecule has 0 fully saturated rings. The van der Waals surface area contributed by atoms with E-state index in [1.54, 1.807) is 11.0 Å². The second kappa shape index (κ2) is 9.28. The van der Waals surface area contributed by atoms with Crippen LogP contribution in [-0.2, 0) is 6.54 Å². The van der Waals surface area contributed by atoms with Gasteiger partial charge in [-0.1, -0.05) is 48.2 Å². The van der Waals surface area contributed by atoms with Gasteiger partial charge in [0.05, 0.1) is 17.9 Å². The van der Waals surface area contributed by atoms with Crippen LogP contribution in [0.3, 0.4) is 0 Å². The molecule has 3 aromatic carbocycles. The number of carbonyl (C=O) groups excluding carboxylic acids is 1. The van der Waals surface area contributed by atoms with E-state index < -0.39 is 0 Å². The summed E-state index contributed by atoms with van der Waals surface area (Å²) in [7, 11) is 0. The number of anilines is 2. The van der Waals surface area contributed by atoms with Crippen molar-refractivity contribution in [1.29, 1.82) is 0 Å². The number of para-hydroxylation sites is 2. The van der Waals surface area contributed by atoms with Gasteiger partial charge >= 0.3 is 0 Å². The van der Waals surface area contributed by atoms with Crippen molar-refractivity contribution in [1.82, 2.24) is 20.1 Å². The molecule has 0 radical (unpaired) electrons. The van der Waals surface area contributed by atoms with Crippen molar-refractivity contribution in [2.75, 3.05) is 18.0 Å². The normalized spacial score (nSPS) is 12.2. The van der Waals surface area contributed by atoms with Crippen LogP contribution >= 0.6 is 11.8 Å². The summed E-state index contributed by atoms with van der Waals surface area (Å²) in [4.78, 5) is 21.4. The number of nitrogens with one attached hydrogen (secondary N) is 1. The highest BCUT2D eigenvalue weighted by Gasteiger charge is 2.22. The van der Waals surface area contributed by atoms with E-state index in [9.17, 15) is 4.79 Å². The molecule has 0 atom stereocenters. The van der Waals surface area contributed by atoms with Crippen LogP contribution in [-0.4, -0.2) is 33.8 Å². The predicted molar refractivity (Wildman–Crippen MR) is 127 cm³/mol. The van der Waals surface area contributed by atoms with E-state index in [1.165, 1.54) is 27.5 Å². The first-order chi connectivity index (χ1) is 15.8. The highest BCUT2D eigenvalue weighted by atomic mass is 32.2. The Hall–Kier alpha value is -3.58. The van der Waals surface area contributed by atoms with Crippen molar-refractivity contribution < 1.29 is 4.79 Å². The summed E-state index contributed by atoms with van der Waals surface area (Å²) in [6, 6.07) is 24.6. The second-order valence-electron chi connectivity index (χ2n) is 7.59. The molecular weight excluding hydrogens is 418 g/mol. The molecule has 1 amide bonds.